The van der Waals surface area contributed by atoms with Crippen molar-refractivity contribution in [2.24, 2.45) is 5.92 Å². The maximum absolute atomic E-state index is 9.95. The normalized spacial score (nSPS) is 11.2. The Morgan fingerprint density at radius 1 is 0.786 bits per heavy atom. The fraction of sp³-hybridized carbons (Fsp3) is 0.130. The molecule has 0 fully saturated rings. The lowest BCUT2D eigenvalue weighted by atomic mass is 10.1. The second kappa shape index (κ2) is 10.9. The van der Waals surface area contributed by atoms with Crippen molar-refractivity contribution in [2.45, 2.75) is 28.0 Å². The fourth-order valence-corrected chi connectivity index (χ4v) is 4.62. The third-order valence-electron chi connectivity index (χ3n) is 3.93. The Hall–Kier alpha value is -3.05. The van der Waals surface area contributed by atoms with E-state index >= 15 is 0 Å². The minimum Gasteiger partial charge on any atom is -0.549 e. The molecule has 0 spiro atoms. The first kappa shape index (κ1) is 21.3. The largest absolute Gasteiger partial charge is 0.549 e. The lowest BCUT2D eigenvalue weighted by Crippen LogP contribution is -2.35. The smallest absolute Gasteiger partial charge is 0.312 e. The molecule has 0 saturated heterocycles. The van der Waals surface area contributed by atoms with Gasteiger partial charge in [0.2, 0.25) is 0 Å². The molecule has 0 radical (unpaired) electrons. The summed E-state index contributed by atoms with van der Waals surface area (Å²) in [5, 5.41) is 18.0. The van der Waals surface area contributed by atoms with E-state index < -0.39 is 17.9 Å². The summed E-state index contributed by atoms with van der Waals surface area (Å²) in [5.74, 6) is -4.22. The van der Waals surface area contributed by atoms with Crippen LogP contribution in [0.15, 0.2) is 106 Å². The third-order valence-corrected chi connectivity index (χ3v) is 6.16. The highest BCUT2D eigenvalue weighted by atomic mass is 32.2. The molecule has 28 heavy (non-hydrogen) atoms. The Kier molecular flexibility index (Phi) is 8.31. The third kappa shape index (κ3) is 5.99. The summed E-state index contributed by atoms with van der Waals surface area (Å²) in [5.41, 5.74) is 0. The lowest BCUT2D eigenvalue weighted by molar-refractivity contribution is -0.310. The summed E-state index contributed by atoms with van der Waals surface area (Å²) in [6, 6.07) is 32.2. The maximum atomic E-state index is 9.95. The van der Waals surface area contributed by atoms with Gasteiger partial charge in [0.05, 0.1) is 22.8 Å². The Morgan fingerprint density at radius 2 is 1.11 bits per heavy atom. The molecule has 0 aromatic heterocycles. The van der Waals surface area contributed by atoms with Crippen LogP contribution in [0.5, 0.6) is 0 Å². The molecule has 5 heteroatoms. The standard InChI is InChI=1S/C18H15S.C5H8O4/c1-4-10-16(11-5-1)19(17-12-6-2-7-13-17)18-14-8-3-9-15-18;1-2-3(4(6)7)5(8)9/h1-15H;3H,2H2,1H3,(H,6,7)(H,8,9)/q+1;/p-1. The van der Waals surface area contributed by atoms with Crippen molar-refractivity contribution in [3.05, 3.63) is 91.0 Å². The van der Waals surface area contributed by atoms with Crippen molar-refractivity contribution >= 4 is 22.8 Å². The highest BCUT2D eigenvalue weighted by Gasteiger charge is 2.27. The maximum Gasteiger partial charge on any atom is 0.312 e. The van der Waals surface area contributed by atoms with Crippen molar-refractivity contribution in [3.63, 3.8) is 0 Å². The number of carbonyl (C=O) groups excluding carboxylic acids is 1. The van der Waals surface area contributed by atoms with Crippen LogP contribution in [0.3, 0.4) is 0 Å². The second-order valence-corrected chi connectivity index (χ2v) is 7.89. The molecule has 0 heterocycles. The number of hydrogen-bond donors (Lipinski definition) is 1. The van der Waals surface area contributed by atoms with Gasteiger partial charge in [-0.15, -0.1) is 0 Å². The average Bonchev–Trinajstić information content (AvgIpc) is 2.71. The molecular weight excluding hydrogens is 372 g/mol. The predicted octanol–water partition coefficient (Wildman–Crippen LogP) is 3.63. The number of benzene rings is 3. The van der Waals surface area contributed by atoms with E-state index in [1.165, 1.54) is 21.6 Å². The molecule has 0 aliphatic carbocycles. The van der Waals surface area contributed by atoms with Gasteiger partial charge in [-0.3, -0.25) is 4.79 Å². The van der Waals surface area contributed by atoms with Gasteiger partial charge in [0.15, 0.2) is 14.7 Å². The van der Waals surface area contributed by atoms with Crippen LogP contribution in [0.4, 0.5) is 0 Å². The number of rotatable bonds is 6. The molecule has 0 aliphatic heterocycles. The summed E-state index contributed by atoms with van der Waals surface area (Å²) in [4.78, 5) is 23.9. The molecular formula is C23H22O4S. The van der Waals surface area contributed by atoms with Crippen molar-refractivity contribution in [3.8, 4) is 0 Å². The first-order chi connectivity index (χ1) is 13.5. The van der Waals surface area contributed by atoms with E-state index in [0.717, 1.165) is 0 Å². The van der Waals surface area contributed by atoms with Crippen molar-refractivity contribution in [1.29, 1.82) is 0 Å². The molecule has 1 N–H and O–H groups in total. The van der Waals surface area contributed by atoms with Crippen LogP contribution in [0, 0.1) is 5.92 Å². The van der Waals surface area contributed by atoms with E-state index in [9.17, 15) is 14.7 Å². The minimum atomic E-state index is -1.52. The molecule has 3 aromatic carbocycles. The molecule has 0 aliphatic rings. The monoisotopic (exact) mass is 394 g/mol. The van der Waals surface area contributed by atoms with Crippen molar-refractivity contribution in [2.75, 3.05) is 0 Å². The summed E-state index contributed by atoms with van der Waals surface area (Å²) in [7, 11) is -0.0146. The van der Waals surface area contributed by atoms with Crippen LogP contribution in [-0.2, 0) is 20.5 Å². The number of carboxylic acids is 2. The fourth-order valence-electron chi connectivity index (χ4n) is 2.52. The summed E-state index contributed by atoms with van der Waals surface area (Å²) < 4.78 is 0. The first-order valence-electron chi connectivity index (χ1n) is 8.87. The highest BCUT2D eigenvalue weighted by Crippen LogP contribution is 2.30. The topological polar surface area (TPSA) is 77.4 Å². The Labute approximate surface area is 167 Å². The lowest BCUT2D eigenvalue weighted by Gasteiger charge is -2.08. The van der Waals surface area contributed by atoms with Gasteiger partial charge >= 0.3 is 5.97 Å². The zero-order chi connectivity index (χ0) is 20.4. The minimum absolute atomic E-state index is 0.0146. The van der Waals surface area contributed by atoms with E-state index in [1.54, 1.807) is 0 Å². The van der Waals surface area contributed by atoms with Crippen molar-refractivity contribution < 1.29 is 19.8 Å². The average molecular weight is 394 g/mol. The summed E-state index contributed by atoms with van der Waals surface area (Å²) in [6.45, 7) is 1.48. The summed E-state index contributed by atoms with van der Waals surface area (Å²) in [6.07, 6.45) is 0.0671. The van der Waals surface area contributed by atoms with Crippen LogP contribution in [0.25, 0.3) is 0 Å². The van der Waals surface area contributed by atoms with E-state index in [1.807, 2.05) is 0 Å². The highest BCUT2D eigenvalue weighted by molar-refractivity contribution is 7.97. The van der Waals surface area contributed by atoms with Crippen LogP contribution in [0.1, 0.15) is 13.3 Å². The van der Waals surface area contributed by atoms with Gasteiger partial charge in [-0.05, 0) is 42.8 Å². The zero-order valence-electron chi connectivity index (χ0n) is 15.5. The van der Waals surface area contributed by atoms with Crippen molar-refractivity contribution in [1.82, 2.24) is 0 Å². The van der Waals surface area contributed by atoms with Gasteiger partial charge in [-0.1, -0.05) is 61.5 Å². The second-order valence-electron chi connectivity index (χ2n) is 5.86. The van der Waals surface area contributed by atoms with E-state index in [-0.39, 0.29) is 17.3 Å². The molecule has 0 bridgehead atoms. The molecule has 1 atom stereocenters. The molecule has 3 rings (SSSR count). The Bertz CT molecular complexity index is 759. The number of carbonyl (C=O) groups is 2. The number of aliphatic carboxylic acids is 2. The van der Waals surface area contributed by atoms with Gasteiger partial charge < -0.3 is 15.0 Å². The van der Waals surface area contributed by atoms with E-state index in [4.69, 9.17) is 5.11 Å². The van der Waals surface area contributed by atoms with Crippen LogP contribution < -0.4 is 5.11 Å². The summed E-state index contributed by atoms with van der Waals surface area (Å²) >= 11 is 0. The van der Waals surface area contributed by atoms with Gasteiger partial charge in [0.25, 0.3) is 0 Å². The molecule has 3 aromatic rings. The zero-order valence-corrected chi connectivity index (χ0v) is 16.3. The molecule has 0 saturated carbocycles. The van der Waals surface area contributed by atoms with Crippen LogP contribution in [0.2, 0.25) is 0 Å². The van der Waals surface area contributed by atoms with Crippen LogP contribution >= 0.6 is 0 Å². The predicted molar refractivity (Wildman–Crippen MR) is 108 cm³/mol. The molecule has 144 valence electrons. The number of carboxylic acid groups (broad SMARTS) is 2. The van der Waals surface area contributed by atoms with Gasteiger partial charge in [-0.2, -0.15) is 0 Å². The molecule has 0 amide bonds. The Balaban J connectivity index is 0.000000266. The molecule has 4 nitrogen and oxygen atoms in total. The van der Waals surface area contributed by atoms with E-state index in [2.05, 4.69) is 91.0 Å². The SMILES string of the molecule is CCC(C(=O)[O-])C(=O)O.c1ccc([S+](c2ccccc2)c2ccccc2)cc1. The quantitative estimate of drug-likeness (QED) is 0.512. The number of hydrogen-bond acceptors (Lipinski definition) is 3. The van der Waals surface area contributed by atoms with Gasteiger partial charge in [0, 0.05) is 0 Å². The molecule has 1 unspecified atom stereocenters. The van der Waals surface area contributed by atoms with E-state index in [0.29, 0.717) is 0 Å². The van der Waals surface area contributed by atoms with Crippen LogP contribution in [-0.4, -0.2) is 17.0 Å². The Morgan fingerprint density at radius 3 is 1.29 bits per heavy atom. The van der Waals surface area contributed by atoms with Gasteiger partial charge in [0.1, 0.15) is 0 Å². The van der Waals surface area contributed by atoms with Gasteiger partial charge in [-0.25, -0.2) is 0 Å². The first-order valence-corrected chi connectivity index (χ1v) is 10.1.